The van der Waals surface area contributed by atoms with Crippen LogP contribution in [0.3, 0.4) is 0 Å². The van der Waals surface area contributed by atoms with E-state index in [0.29, 0.717) is 5.56 Å². The van der Waals surface area contributed by atoms with Gasteiger partial charge < -0.3 is 10.4 Å². The first-order chi connectivity index (χ1) is 12.3. The molecule has 0 aliphatic rings. The van der Waals surface area contributed by atoms with Gasteiger partial charge in [-0.25, -0.2) is 14.8 Å². The second-order valence-corrected chi connectivity index (χ2v) is 5.33. The molecular formula is C18H12F3N3O2. The highest BCUT2D eigenvalue weighted by Crippen LogP contribution is 2.31. The summed E-state index contributed by atoms with van der Waals surface area (Å²) in [6.07, 6.45) is -3.39. The number of hydrogen-bond acceptors (Lipinski definition) is 4. The van der Waals surface area contributed by atoms with Gasteiger partial charge in [0.05, 0.1) is 5.56 Å². The Labute approximate surface area is 146 Å². The molecule has 2 N–H and O–H groups in total. The standard InChI is InChI=1S/C18H12F3N3O2/c19-18(20,21)12-7-4-8-13(9-12)23-16-14(17(25)26)10-22-15(24-16)11-5-2-1-3-6-11/h1-10H,(H,25,26)(H,22,23,24). The molecule has 8 heteroatoms. The van der Waals surface area contributed by atoms with Crippen LogP contribution < -0.4 is 5.32 Å². The minimum atomic E-state index is -4.51. The number of hydrogen-bond donors (Lipinski definition) is 2. The number of nitrogens with zero attached hydrogens (tertiary/aromatic N) is 2. The maximum Gasteiger partial charge on any atom is 0.416 e. The average molecular weight is 359 g/mol. The Kier molecular flexibility index (Phi) is 4.57. The quantitative estimate of drug-likeness (QED) is 0.712. The Balaban J connectivity index is 2.02. The Bertz CT molecular complexity index is 944. The van der Waals surface area contributed by atoms with Crippen molar-refractivity contribution >= 4 is 17.5 Å². The highest BCUT2D eigenvalue weighted by atomic mass is 19.4. The Hall–Kier alpha value is -3.42. The summed E-state index contributed by atoms with van der Waals surface area (Å²) in [5.74, 6) is -1.13. The molecular weight excluding hydrogens is 347 g/mol. The van der Waals surface area contributed by atoms with Crippen molar-refractivity contribution in [2.75, 3.05) is 5.32 Å². The molecule has 3 aromatic rings. The minimum absolute atomic E-state index is 0.0695. The van der Waals surface area contributed by atoms with Crippen LogP contribution in [0.1, 0.15) is 15.9 Å². The lowest BCUT2D eigenvalue weighted by molar-refractivity contribution is -0.137. The highest BCUT2D eigenvalue weighted by molar-refractivity contribution is 5.94. The number of aromatic carboxylic acids is 1. The Morgan fingerprint density at radius 3 is 2.42 bits per heavy atom. The predicted octanol–water partition coefficient (Wildman–Crippen LogP) is 4.60. The maximum atomic E-state index is 12.9. The van der Waals surface area contributed by atoms with Crippen molar-refractivity contribution in [1.29, 1.82) is 0 Å². The van der Waals surface area contributed by atoms with Crippen molar-refractivity contribution in [1.82, 2.24) is 9.97 Å². The molecule has 2 aromatic carbocycles. The van der Waals surface area contributed by atoms with Gasteiger partial charge in [0.15, 0.2) is 5.82 Å². The molecule has 1 heterocycles. The molecule has 3 rings (SSSR count). The van der Waals surface area contributed by atoms with Gasteiger partial charge in [-0.3, -0.25) is 0 Å². The number of aromatic nitrogens is 2. The summed E-state index contributed by atoms with van der Waals surface area (Å²) in [4.78, 5) is 19.6. The zero-order chi connectivity index (χ0) is 18.7. The third-order valence-corrected chi connectivity index (χ3v) is 3.50. The molecule has 0 bridgehead atoms. The molecule has 0 atom stereocenters. The molecule has 0 amide bonds. The largest absolute Gasteiger partial charge is 0.477 e. The van der Waals surface area contributed by atoms with Crippen molar-refractivity contribution < 1.29 is 23.1 Å². The molecule has 0 aliphatic heterocycles. The number of nitrogens with one attached hydrogen (secondary N) is 1. The number of carboxylic acid groups (broad SMARTS) is 1. The lowest BCUT2D eigenvalue weighted by Crippen LogP contribution is -2.09. The van der Waals surface area contributed by atoms with Crippen molar-refractivity contribution in [3.8, 4) is 11.4 Å². The van der Waals surface area contributed by atoms with E-state index in [2.05, 4.69) is 15.3 Å². The summed E-state index contributed by atoms with van der Waals surface area (Å²) in [6.45, 7) is 0. The van der Waals surface area contributed by atoms with E-state index in [0.717, 1.165) is 18.3 Å². The number of carboxylic acids is 1. The van der Waals surface area contributed by atoms with Gasteiger partial charge in [0, 0.05) is 17.4 Å². The third-order valence-electron chi connectivity index (χ3n) is 3.50. The maximum absolute atomic E-state index is 12.9. The summed E-state index contributed by atoms with van der Waals surface area (Å²) in [5, 5.41) is 11.9. The van der Waals surface area contributed by atoms with Crippen LogP contribution in [0.15, 0.2) is 60.8 Å². The first-order valence-corrected chi connectivity index (χ1v) is 7.44. The zero-order valence-corrected chi connectivity index (χ0v) is 13.2. The van der Waals surface area contributed by atoms with E-state index in [9.17, 15) is 23.1 Å². The molecule has 1 aromatic heterocycles. The van der Waals surface area contributed by atoms with Crippen LogP contribution in [-0.4, -0.2) is 21.0 Å². The van der Waals surface area contributed by atoms with Crippen LogP contribution >= 0.6 is 0 Å². The molecule has 5 nitrogen and oxygen atoms in total. The molecule has 0 saturated heterocycles. The van der Waals surface area contributed by atoms with Crippen LogP contribution in [0.25, 0.3) is 11.4 Å². The van der Waals surface area contributed by atoms with E-state index < -0.39 is 17.7 Å². The third kappa shape index (κ3) is 3.80. The fourth-order valence-corrected chi connectivity index (χ4v) is 2.27. The number of benzene rings is 2. The van der Waals surface area contributed by atoms with Crippen LogP contribution in [0.2, 0.25) is 0 Å². The summed E-state index contributed by atoms with van der Waals surface area (Å²) >= 11 is 0. The first kappa shape index (κ1) is 17.4. The first-order valence-electron chi connectivity index (χ1n) is 7.44. The van der Waals surface area contributed by atoms with Gasteiger partial charge in [-0.15, -0.1) is 0 Å². The molecule has 132 valence electrons. The van der Waals surface area contributed by atoms with E-state index >= 15 is 0 Å². The van der Waals surface area contributed by atoms with Crippen LogP contribution in [0, 0.1) is 0 Å². The number of rotatable bonds is 4. The van der Waals surface area contributed by atoms with Crippen LogP contribution in [0.4, 0.5) is 24.7 Å². The highest BCUT2D eigenvalue weighted by Gasteiger charge is 2.30. The van der Waals surface area contributed by atoms with Gasteiger partial charge in [-0.2, -0.15) is 13.2 Å². The number of carbonyl (C=O) groups is 1. The molecule has 0 saturated carbocycles. The molecule has 0 spiro atoms. The van der Waals surface area contributed by atoms with Gasteiger partial charge in [0.25, 0.3) is 0 Å². The molecule has 0 aliphatic carbocycles. The SMILES string of the molecule is O=C(O)c1cnc(-c2ccccc2)nc1Nc1cccc(C(F)(F)F)c1. The minimum Gasteiger partial charge on any atom is -0.477 e. The Morgan fingerprint density at radius 1 is 1.04 bits per heavy atom. The second-order valence-electron chi connectivity index (χ2n) is 5.33. The predicted molar refractivity (Wildman–Crippen MR) is 89.2 cm³/mol. The van der Waals surface area contributed by atoms with E-state index in [1.165, 1.54) is 12.1 Å². The van der Waals surface area contributed by atoms with E-state index in [-0.39, 0.29) is 22.9 Å². The summed E-state index contributed by atoms with van der Waals surface area (Å²) < 4.78 is 38.6. The smallest absolute Gasteiger partial charge is 0.416 e. The van der Waals surface area contributed by atoms with Gasteiger partial charge in [0.1, 0.15) is 11.4 Å². The number of alkyl halides is 3. The van der Waals surface area contributed by atoms with Gasteiger partial charge in [0.2, 0.25) is 0 Å². The number of anilines is 2. The molecule has 0 unspecified atom stereocenters. The molecule has 0 fully saturated rings. The summed E-state index contributed by atoms with van der Waals surface area (Å²) in [5.41, 5.74) is -0.379. The van der Waals surface area contributed by atoms with Crippen molar-refractivity contribution in [2.24, 2.45) is 0 Å². The van der Waals surface area contributed by atoms with E-state index in [4.69, 9.17) is 0 Å². The average Bonchev–Trinajstić information content (AvgIpc) is 2.62. The lowest BCUT2D eigenvalue weighted by atomic mass is 10.2. The zero-order valence-electron chi connectivity index (χ0n) is 13.2. The summed E-state index contributed by atoms with van der Waals surface area (Å²) in [6, 6.07) is 13.3. The normalized spacial score (nSPS) is 11.2. The van der Waals surface area contributed by atoms with Gasteiger partial charge >= 0.3 is 12.1 Å². The van der Waals surface area contributed by atoms with Crippen molar-refractivity contribution in [3.05, 3.63) is 71.9 Å². The van der Waals surface area contributed by atoms with Crippen LogP contribution in [-0.2, 0) is 6.18 Å². The summed E-state index contributed by atoms with van der Waals surface area (Å²) in [7, 11) is 0. The Morgan fingerprint density at radius 2 is 1.77 bits per heavy atom. The van der Waals surface area contributed by atoms with Crippen molar-refractivity contribution in [2.45, 2.75) is 6.18 Å². The monoisotopic (exact) mass is 359 g/mol. The van der Waals surface area contributed by atoms with E-state index in [1.54, 1.807) is 30.3 Å². The fourth-order valence-electron chi connectivity index (χ4n) is 2.27. The van der Waals surface area contributed by atoms with Crippen molar-refractivity contribution in [3.63, 3.8) is 0 Å². The topological polar surface area (TPSA) is 75.1 Å². The molecule has 0 radical (unpaired) electrons. The lowest BCUT2D eigenvalue weighted by Gasteiger charge is -2.12. The fraction of sp³-hybridized carbons (Fsp3) is 0.0556. The second kappa shape index (κ2) is 6.83. The van der Waals surface area contributed by atoms with Crippen LogP contribution in [0.5, 0.6) is 0 Å². The van der Waals surface area contributed by atoms with Gasteiger partial charge in [-0.1, -0.05) is 36.4 Å². The van der Waals surface area contributed by atoms with Gasteiger partial charge in [-0.05, 0) is 18.2 Å². The molecule has 26 heavy (non-hydrogen) atoms. The number of halogens is 3. The van der Waals surface area contributed by atoms with E-state index in [1.807, 2.05) is 0 Å².